The van der Waals surface area contributed by atoms with Gasteiger partial charge < -0.3 is 9.32 Å². The van der Waals surface area contributed by atoms with Crippen molar-refractivity contribution in [2.45, 2.75) is 37.0 Å². The molecule has 5 rings (SSSR count). The quantitative estimate of drug-likeness (QED) is 0.301. The number of carbonyl (C=O) groups is 1. The highest BCUT2D eigenvalue weighted by Gasteiger charge is 2.29. The van der Waals surface area contributed by atoms with Gasteiger partial charge in [-0.15, -0.1) is 10.2 Å². The molecule has 174 valence electrons. The van der Waals surface area contributed by atoms with Gasteiger partial charge in [-0.1, -0.05) is 71.9 Å². The van der Waals surface area contributed by atoms with Crippen LogP contribution in [-0.2, 0) is 17.8 Å². The van der Waals surface area contributed by atoms with Crippen molar-refractivity contribution >= 4 is 29.3 Å². The lowest BCUT2D eigenvalue weighted by molar-refractivity contribution is -0.129. The summed E-state index contributed by atoms with van der Waals surface area (Å²) in [6, 6.07) is 21.9. The number of aromatic nitrogens is 3. The van der Waals surface area contributed by atoms with Gasteiger partial charge >= 0.3 is 0 Å². The van der Waals surface area contributed by atoms with E-state index in [1.54, 1.807) is 6.26 Å². The summed E-state index contributed by atoms with van der Waals surface area (Å²) in [5.74, 6) is 1.74. The van der Waals surface area contributed by atoms with Crippen LogP contribution in [0.5, 0.6) is 0 Å². The third kappa shape index (κ3) is 5.05. The summed E-state index contributed by atoms with van der Waals surface area (Å²) < 4.78 is 7.59. The monoisotopic (exact) mass is 492 g/mol. The van der Waals surface area contributed by atoms with Gasteiger partial charge in [-0.2, -0.15) is 0 Å². The molecule has 1 fully saturated rings. The van der Waals surface area contributed by atoms with E-state index in [-0.39, 0.29) is 11.9 Å². The number of benzene rings is 2. The molecular formula is C26H25ClN4O2S. The number of carbonyl (C=O) groups excluding carboxylic acids is 1. The lowest BCUT2D eigenvalue weighted by Gasteiger charge is -2.25. The van der Waals surface area contributed by atoms with Crippen molar-refractivity contribution in [2.75, 3.05) is 12.3 Å². The number of likely N-dealkylation sites (tertiary alicyclic amines) is 1. The van der Waals surface area contributed by atoms with Gasteiger partial charge in [-0.3, -0.25) is 9.36 Å². The van der Waals surface area contributed by atoms with Crippen molar-refractivity contribution in [1.29, 1.82) is 0 Å². The van der Waals surface area contributed by atoms with Crippen molar-refractivity contribution in [1.82, 2.24) is 19.7 Å². The molecule has 3 heterocycles. The maximum absolute atomic E-state index is 13.2. The second kappa shape index (κ2) is 10.5. The summed E-state index contributed by atoms with van der Waals surface area (Å²) in [4.78, 5) is 15.2. The predicted molar refractivity (Wildman–Crippen MR) is 134 cm³/mol. The first kappa shape index (κ1) is 22.7. The number of nitrogens with zero attached hydrogens (tertiary/aromatic N) is 4. The SMILES string of the molecule is O=C(CSc1nnc(-c2ccco2)n1Cc1ccccc1)N1CCCC1Cc1ccccc1Cl. The summed E-state index contributed by atoms with van der Waals surface area (Å²) in [7, 11) is 0. The standard InChI is InChI=1S/C26H25ClN4O2S/c27-22-12-5-4-10-20(22)16-21-11-6-14-30(21)24(32)18-34-26-29-28-25(23-13-7-15-33-23)31(26)17-19-8-2-1-3-9-19/h1-5,7-10,12-13,15,21H,6,11,14,16-18H2. The lowest BCUT2D eigenvalue weighted by Crippen LogP contribution is -2.38. The lowest BCUT2D eigenvalue weighted by atomic mass is 10.0. The van der Waals surface area contributed by atoms with Gasteiger partial charge in [0.15, 0.2) is 10.9 Å². The second-order valence-corrected chi connectivity index (χ2v) is 9.67. The first-order chi connectivity index (χ1) is 16.7. The average Bonchev–Trinajstić information content (AvgIpc) is 3.61. The number of furan rings is 1. The van der Waals surface area contributed by atoms with E-state index in [9.17, 15) is 4.79 Å². The zero-order valence-electron chi connectivity index (χ0n) is 18.6. The van der Waals surface area contributed by atoms with Gasteiger partial charge in [-0.25, -0.2) is 0 Å². The molecule has 1 aliphatic rings. The number of hydrogen-bond donors (Lipinski definition) is 0. The number of hydrogen-bond acceptors (Lipinski definition) is 5. The maximum Gasteiger partial charge on any atom is 0.233 e. The zero-order valence-corrected chi connectivity index (χ0v) is 20.2. The Hall–Kier alpha value is -3.03. The van der Waals surface area contributed by atoms with Crippen molar-refractivity contribution in [3.05, 3.63) is 89.1 Å². The first-order valence-corrected chi connectivity index (χ1v) is 12.7. The molecule has 1 amide bonds. The van der Waals surface area contributed by atoms with Crippen LogP contribution < -0.4 is 0 Å². The smallest absolute Gasteiger partial charge is 0.233 e. The number of rotatable bonds is 8. The van der Waals surface area contributed by atoms with Gasteiger partial charge in [0.1, 0.15) is 0 Å². The van der Waals surface area contributed by atoms with Gasteiger partial charge in [-0.05, 0) is 48.6 Å². The average molecular weight is 493 g/mol. The normalized spacial score (nSPS) is 15.7. The molecule has 4 aromatic rings. The summed E-state index contributed by atoms with van der Waals surface area (Å²) in [6.07, 6.45) is 4.41. The Labute approximate surface area is 207 Å². The number of amides is 1. The van der Waals surface area contributed by atoms with Crippen LogP contribution >= 0.6 is 23.4 Å². The molecule has 8 heteroatoms. The summed E-state index contributed by atoms with van der Waals surface area (Å²) in [5, 5.41) is 10.2. The molecule has 6 nitrogen and oxygen atoms in total. The van der Waals surface area contributed by atoms with Crippen LogP contribution in [0.1, 0.15) is 24.0 Å². The fraction of sp³-hybridized carbons (Fsp3) is 0.269. The largest absolute Gasteiger partial charge is 0.461 e. The number of thioether (sulfide) groups is 1. The Bertz CT molecular complexity index is 1240. The summed E-state index contributed by atoms with van der Waals surface area (Å²) in [6.45, 7) is 1.38. The molecule has 1 unspecified atom stereocenters. The van der Waals surface area contributed by atoms with E-state index in [0.29, 0.717) is 29.0 Å². The zero-order chi connectivity index (χ0) is 23.3. The minimum absolute atomic E-state index is 0.119. The Morgan fingerprint density at radius 3 is 2.68 bits per heavy atom. The molecule has 0 N–H and O–H groups in total. The minimum atomic E-state index is 0.119. The third-order valence-corrected chi connectivity index (χ3v) is 7.40. The Kier molecular flexibility index (Phi) is 7.02. The van der Waals surface area contributed by atoms with Gasteiger partial charge in [0.05, 0.1) is 18.6 Å². The number of halogens is 1. The van der Waals surface area contributed by atoms with E-state index in [4.69, 9.17) is 16.0 Å². The van der Waals surface area contributed by atoms with Crippen LogP contribution in [0.15, 0.2) is 82.6 Å². The molecule has 0 radical (unpaired) electrons. The minimum Gasteiger partial charge on any atom is -0.461 e. The molecule has 1 saturated heterocycles. The molecule has 2 aromatic carbocycles. The van der Waals surface area contributed by atoms with Crippen molar-refractivity contribution in [3.63, 3.8) is 0 Å². The van der Waals surface area contributed by atoms with Crippen molar-refractivity contribution in [3.8, 4) is 11.6 Å². The van der Waals surface area contributed by atoms with Crippen LogP contribution in [-0.4, -0.2) is 43.9 Å². The molecule has 0 bridgehead atoms. The van der Waals surface area contributed by atoms with E-state index < -0.39 is 0 Å². The Balaban J connectivity index is 1.30. The van der Waals surface area contributed by atoms with Crippen LogP contribution in [0.2, 0.25) is 5.02 Å². The van der Waals surface area contributed by atoms with Gasteiger partial charge in [0.25, 0.3) is 0 Å². The Morgan fingerprint density at radius 2 is 1.88 bits per heavy atom. The van der Waals surface area contributed by atoms with Crippen molar-refractivity contribution in [2.24, 2.45) is 0 Å². The van der Waals surface area contributed by atoms with E-state index in [1.165, 1.54) is 11.8 Å². The second-order valence-electron chi connectivity index (χ2n) is 8.32. The van der Waals surface area contributed by atoms with E-state index in [2.05, 4.69) is 22.3 Å². The highest BCUT2D eigenvalue weighted by Crippen LogP contribution is 2.28. The van der Waals surface area contributed by atoms with Crippen molar-refractivity contribution < 1.29 is 9.21 Å². The molecule has 0 spiro atoms. The highest BCUT2D eigenvalue weighted by molar-refractivity contribution is 7.99. The Morgan fingerprint density at radius 1 is 1.06 bits per heavy atom. The van der Waals surface area contributed by atoms with Gasteiger partial charge in [0, 0.05) is 17.6 Å². The van der Waals surface area contributed by atoms with Gasteiger partial charge in [0.2, 0.25) is 11.7 Å². The fourth-order valence-corrected chi connectivity index (χ4v) is 5.43. The molecule has 2 aromatic heterocycles. The van der Waals surface area contributed by atoms with Crippen LogP contribution in [0.3, 0.4) is 0 Å². The van der Waals surface area contributed by atoms with Crippen LogP contribution in [0.4, 0.5) is 0 Å². The van der Waals surface area contributed by atoms with Crippen LogP contribution in [0, 0.1) is 0 Å². The first-order valence-electron chi connectivity index (χ1n) is 11.4. The molecule has 0 saturated carbocycles. The third-order valence-electron chi connectivity index (χ3n) is 6.08. The maximum atomic E-state index is 13.2. The van der Waals surface area contributed by atoms with E-state index in [0.717, 1.165) is 42.0 Å². The summed E-state index contributed by atoms with van der Waals surface area (Å²) in [5.41, 5.74) is 2.22. The van der Waals surface area contributed by atoms with Crippen LogP contribution in [0.25, 0.3) is 11.6 Å². The molecule has 34 heavy (non-hydrogen) atoms. The van der Waals surface area contributed by atoms with E-state index in [1.807, 2.05) is 64.1 Å². The molecule has 1 atom stereocenters. The molecular weight excluding hydrogens is 468 g/mol. The van der Waals surface area contributed by atoms with E-state index >= 15 is 0 Å². The topological polar surface area (TPSA) is 64.2 Å². The summed E-state index contributed by atoms with van der Waals surface area (Å²) >= 11 is 7.79. The predicted octanol–water partition coefficient (Wildman–Crippen LogP) is 5.57. The molecule has 1 aliphatic heterocycles. The highest BCUT2D eigenvalue weighted by atomic mass is 35.5. The fourth-order valence-electron chi connectivity index (χ4n) is 4.40. The molecule has 0 aliphatic carbocycles.